The molecule has 0 aromatic heterocycles. The number of halogens is 1. The van der Waals surface area contributed by atoms with Crippen LogP contribution in [0.5, 0.6) is 0 Å². The summed E-state index contributed by atoms with van der Waals surface area (Å²) < 4.78 is 26.3. The van der Waals surface area contributed by atoms with E-state index in [2.05, 4.69) is 0 Å². The molecule has 0 amide bonds. The average molecular weight is 318 g/mol. The van der Waals surface area contributed by atoms with Crippen LogP contribution in [-0.2, 0) is 14.8 Å². The third-order valence-electron chi connectivity index (χ3n) is 3.52. The maximum atomic E-state index is 12.6. The Hall–Kier alpha value is -1.11. The molecular formula is C13H16ClNO4S. The smallest absolute Gasteiger partial charge is 0.322 e. The van der Waals surface area contributed by atoms with Gasteiger partial charge in [-0.25, -0.2) is 8.42 Å². The lowest BCUT2D eigenvalue weighted by molar-refractivity contribution is -0.143. The fourth-order valence-corrected chi connectivity index (χ4v) is 4.51. The maximum Gasteiger partial charge on any atom is 0.322 e. The highest BCUT2D eigenvalue weighted by Gasteiger charge is 2.40. The molecule has 0 radical (unpaired) electrons. The second-order valence-electron chi connectivity index (χ2n) is 5.03. The first-order chi connectivity index (χ1) is 9.34. The number of carboxylic acid groups (broad SMARTS) is 1. The number of carbonyl (C=O) groups is 1. The molecule has 5 nitrogen and oxygen atoms in total. The fourth-order valence-electron chi connectivity index (χ4n) is 2.41. The summed E-state index contributed by atoms with van der Waals surface area (Å²) in [6.07, 6.45) is 0.965. The number of carboxylic acids is 1. The van der Waals surface area contributed by atoms with E-state index < -0.39 is 22.0 Å². The molecule has 0 bridgehead atoms. The van der Waals surface area contributed by atoms with Gasteiger partial charge < -0.3 is 5.11 Å². The Bertz CT molecular complexity index is 617. The molecule has 0 spiro atoms. The molecule has 1 N–H and O–H groups in total. The number of hydrogen-bond acceptors (Lipinski definition) is 3. The van der Waals surface area contributed by atoms with Gasteiger partial charge in [0.2, 0.25) is 10.0 Å². The van der Waals surface area contributed by atoms with Crippen molar-refractivity contribution in [3.05, 3.63) is 29.3 Å². The van der Waals surface area contributed by atoms with E-state index in [1.165, 1.54) is 12.1 Å². The molecule has 20 heavy (non-hydrogen) atoms. The van der Waals surface area contributed by atoms with Crippen molar-refractivity contribution in [3.8, 4) is 0 Å². The van der Waals surface area contributed by atoms with Crippen molar-refractivity contribution in [2.75, 3.05) is 6.54 Å². The zero-order chi connectivity index (χ0) is 14.9. The van der Waals surface area contributed by atoms with E-state index in [0.717, 1.165) is 4.31 Å². The lowest BCUT2D eigenvalue weighted by Gasteiger charge is -2.35. The molecule has 1 saturated heterocycles. The SMILES string of the molecule is CC1CCN(S(=O)(=O)c2ccccc2Cl)C(C(=O)O)C1. The molecule has 0 saturated carbocycles. The summed E-state index contributed by atoms with van der Waals surface area (Å²) in [4.78, 5) is 11.3. The molecule has 1 aromatic rings. The van der Waals surface area contributed by atoms with Crippen LogP contribution in [0.25, 0.3) is 0 Å². The van der Waals surface area contributed by atoms with Crippen LogP contribution in [0.3, 0.4) is 0 Å². The van der Waals surface area contributed by atoms with Gasteiger partial charge in [0.1, 0.15) is 10.9 Å². The predicted octanol–water partition coefficient (Wildman–Crippen LogP) is 2.21. The lowest BCUT2D eigenvalue weighted by atomic mass is 9.94. The minimum absolute atomic E-state index is 0.0394. The minimum atomic E-state index is -3.89. The molecule has 0 aliphatic carbocycles. The molecule has 1 fully saturated rings. The first-order valence-corrected chi connectivity index (χ1v) is 8.15. The van der Waals surface area contributed by atoms with Crippen LogP contribution in [0, 0.1) is 5.92 Å². The van der Waals surface area contributed by atoms with Crippen molar-refractivity contribution in [2.24, 2.45) is 5.92 Å². The van der Waals surface area contributed by atoms with E-state index in [1.807, 2.05) is 6.92 Å². The van der Waals surface area contributed by atoms with Crippen molar-refractivity contribution in [1.29, 1.82) is 0 Å². The highest BCUT2D eigenvalue weighted by Crippen LogP contribution is 2.31. The summed E-state index contributed by atoms with van der Waals surface area (Å²) in [5, 5.41) is 9.37. The van der Waals surface area contributed by atoms with Gasteiger partial charge in [-0.1, -0.05) is 30.7 Å². The van der Waals surface area contributed by atoms with Crippen LogP contribution in [0.15, 0.2) is 29.2 Å². The molecule has 7 heteroatoms. The Kier molecular flexibility index (Phi) is 4.36. The van der Waals surface area contributed by atoms with Crippen molar-refractivity contribution in [2.45, 2.75) is 30.7 Å². The number of nitrogens with zero attached hydrogens (tertiary/aromatic N) is 1. The highest BCUT2D eigenvalue weighted by molar-refractivity contribution is 7.89. The Balaban J connectivity index is 2.42. The molecule has 1 aromatic carbocycles. The van der Waals surface area contributed by atoms with Gasteiger partial charge in [-0.05, 0) is 30.9 Å². The third-order valence-corrected chi connectivity index (χ3v) is 5.93. The Morgan fingerprint density at radius 1 is 1.40 bits per heavy atom. The van der Waals surface area contributed by atoms with Crippen molar-refractivity contribution < 1.29 is 18.3 Å². The van der Waals surface area contributed by atoms with Gasteiger partial charge in [-0.2, -0.15) is 4.31 Å². The molecule has 1 heterocycles. The molecule has 2 rings (SSSR count). The Labute approximate surface area is 123 Å². The maximum absolute atomic E-state index is 12.6. The first-order valence-electron chi connectivity index (χ1n) is 6.33. The number of benzene rings is 1. The molecule has 2 unspecified atom stereocenters. The lowest BCUT2D eigenvalue weighted by Crippen LogP contribution is -2.49. The van der Waals surface area contributed by atoms with Crippen molar-refractivity contribution in [3.63, 3.8) is 0 Å². The second kappa shape index (κ2) is 5.71. The van der Waals surface area contributed by atoms with E-state index in [1.54, 1.807) is 12.1 Å². The van der Waals surface area contributed by atoms with Crippen LogP contribution in [0.2, 0.25) is 5.02 Å². The van der Waals surface area contributed by atoms with E-state index in [0.29, 0.717) is 12.8 Å². The minimum Gasteiger partial charge on any atom is -0.480 e. The van der Waals surface area contributed by atoms with E-state index in [4.69, 9.17) is 11.6 Å². The summed E-state index contributed by atoms with van der Waals surface area (Å²) in [5.41, 5.74) is 0. The highest BCUT2D eigenvalue weighted by atomic mass is 35.5. The van der Waals surface area contributed by atoms with Crippen molar-refractivity contribution in [1.82, 2.24) is 4.31 Å². The quantitative estimate of drug-likeness (QED) is 0.927. The van der Waals surface area contributed by atoms with Gasteiger partial charge in [0, 0.05) is 6.54 Å². The Morgan fingerprint density at radius 2 is 2.05 bits per heavy atom. The monoisotopic (exact) mass is 317 g/mol. The van der Waals surface area contributed by atoms with Gasteiger partial charge in [-0.15, -0.1) is 0 Å². The standard InChI is InChI=1S/C13H16ClNO4S/c1-9-6-7-15(11(8-9)13(16)17)20(18,19)12-5-3-2-4-10(12)14/h2-5,9,11H,6-8H2,1H3,(H,16,17). The van der Waals surface area contributed by atoms with E-state index in [-0.39, 0.29) is 22.4 Å². The second-order valence-corrected chi connectivity index (χ2v) is 7.30. The largest absolute Gasteiger partial charge is 0.480 e. The Morgan fingerprint density at radius 3 is 2.65 bits per heavy atom. The normalized spacial score (nSPS) is 24.5. The van der Waals surface area contributed by atoms with Gasteiger partial charge in [0.25, 0.3) is 0 Å². The summed E-state index contributed by atoms with van der Waals surface area (Å²) >= 11 is 5.93. The van der Waals surface area contributed by atoms with E-state index >= 15 is 0 Å². The number of piperidine rings is 1. The van der Waals surface area contributed by atoms with Gasteiger partial charge in [0.05, 0.1) is 5.02 Å². The molecule has 1 aliphatic heterocycles. The van der Waals surface area contributed by atoms with Crippen LogP contribution >= 0.6 is 11.6 Å². The third kappa shape index (κ3) is 2.82. The number of aliphatic carboxylic acids is 1. The summed E-state index contributed by atoms with van der Waals surface area (Å²) in [5.74, 6) is -0.930. The zero-order valence-corrected chi connectivity index (χ0v) is 12.6. The topological polar surface area (TPSA) is 74.7 Å². The van der Waals surface area contributed by atoms with Crippen LogP contribution in [-0.4, -0.2) is 36.4 Å². The first kappa shape index (κ1) is 15.3. The predicted molar refractivity (Wildman–Crippen MR) is 75.2 cm³/mol. The van der Waals surface area contributed by atoms with Gasteiger partial charge in [0.15, 0.2) is 0 Å². The number of hydrogen-bond donors (Lipinski definition) is 1. The fraction of sp³-hybridized carbons (Fsp3) is 0.462. The van der Waals surface area contributed by atoms with Crippen molar-refractivity contribution >= 4 is 27.6 Å². The number of rotatable bonds is 3. The average Bonchev–Trinajstić information content (AvgIpc) is 2.38. The summed E-state index contributed by atoms with van der Waals surface area (Å²) in [7, 11) is -3.89. The van der Waals surface area contributed by atoms with Gasteiger partial charge in [-0.3, -0.25) is 4.79 Å². The molecule has 110 valence electrons. The summed E-state index contributed by atoms with van der Waals surface area (Å²) in [6.45, 7) is 2.13. The van der Waals surface area contributed by atoms with Crippen LogP contribution in [0.1, 0.15) is 19.8 Å². The summed E-state index contributed by atoms with van der Waals surface area (Å²) in [6, 6.07) is 5.06. The molecule has 1 aliphatic rings. The van der Waals surface area contributed by atoms with Crippen LogP contribution in [0.4, 0.5) is 0 Å². The van der Waals surface area contributed by atoms with Crippen LogP contribution < -0.4 is 0 Å². The van der Waals surface area contributed by atoms with E-state index in [9.17, 15) is 18.3 Å². The zero-order valence-electron chi connectivity index (χ0n) is 11.0. The van der Waals surface area contributed by atoms with Gasteiger partial charge >= 0.3 is 5.97 Å². The molecular weight excluding hydrogens is 302 g/mol. The number of sulfonamides is 1. The molecule has 2 atom stereocenters.